The van der Waals surface area contributed by atoms with Crippen molar-refractivity contribution in [1.29, 1.82) is 0 Å². The number of hydrogen-bond acceptors (Lipinski definition) is 3. The number of pyridine rings is 1. The Hall–Kier alpha value is -2.11. The maximum absolute atomic E-state index is 12.2. The molecule has 3 rings (SSSR count). The largest absolute Gasteiger partial charge is 0.480 e. The van der Waals surface area contributed by atoms with Crippen LogP contribution in [0.25, 0.3) is 11.0 Å². The van der Waals surface area contributed by atoms with Crippen LogP contribution in [-0.4, -0.2) is 25.4 Å². The van der Waals surface area contributed by atoms with Crippen LogP contribution in [0, 0.1) is 13.8 Å². The lowest BCUT2D eigenvalue weighted by atomic mass is 10.1. The number of aryl methyl sites for hydroxylation is 2. The zero-order valence-electron chi connectivity index (χ0n) is 12.3. The van der Waals surface area contributed by atoms with Crippen molar-refractivity contribution >= 4 is 17.0 Å². The van der Waals surface area contributed by atoms with Crippen molar-refractivity contribution in [1.82, 2.24) is 14.3 Å². The highest BCUT2D eigenvalue weighted by molar-refractivity contribution is 5.83. The molecular weight excluding hydrogens is 270 g/mol. The minimum atomic E-state index is -1.01. The summed E-state index contributed by atoms with van der Waals surface area (Å²) < 4.78 is 3.22. The molecule has 2 heterocycles. The molecule has 21 heavy (non-hydrogen) atoms. The zero-order valence-corrected chi connectivity index (χ0v) is 12.3. The average molecular weight is 289 g/mol. The predicted octanol–water partition coefficient (Wildman–Crippen LogP) is 2.01. The molecule has 2 aromatic heterocycles. The van der Waals surface area contributed by atoms with E-state index in [9.17, 15) is 9.59 Å². The molecular formula is C15H19N3O3. The summed E-state index contributed by atoms with van der Waals surface area (Å²) in [5.74, 6) is -1.01. The maximum atomic E-state index is 12.2. The molecule has 6 heteroatoms. The number of nitrogens with zero attached hydrogens (tertiary/aromatic N) is 3. The van der Waals surface area contributed by atoms with Gasteiger partial charge < -0.3 is 5.11 Å². The molecule has 112 valence electrons. The van der Waals surface area contributed by atoms with Gasteiger partial charge in [0.1, 0.15) is 12.2 Å². The van der Waals surface area contributed by atoms with Crippen LogP contribution in [0.3, 0.4) is 0 Å². The maximum Gasteiger partial charge on any atom is 0.323 e. The van der Waals surface area contributed by atoms with Gasteiger partial charge in [0.15, 0.2) is 0 Å². The minimum absolute atomic E-state index is 0.266. The highest BCUT2D eigenvalue weighted by Gasteiger charge is 2.24. The first kappa shape index (κ1) is 13.9. The van der Waals surface area contributed by atoms with Crippen molar-refractivity contribution < 1.29 is 9.90 Å². The zero-order chi connectivity index (χ0) is 15.1. The third-order valence-electron chi connectivity index (χ3n) is 4.28. The molecule has 0 aromatic carbocycles. The van der Waals surface area contributed by atoms with E-state index in [0.717, 1.165) is 42.3 Å². The van der Waals surface area contributed by atoms with Crippen molar-refractivity contribution in [2.45, 2.75) is 52.1 Å². The van der Waals surface area contributed by atoms with Crippen LogP contribution in [0.1, 0.15) is 43.0 Å². The predicted molar refractivity (Wildman–Crippen MR) is 78.6 cm³/mol. The molecule has 0 aliphatic heterocycles. The van der Waals surface area contributed by atoms with E-state index in [4.69, 9.17) is 5.11 Å². The quantitative estimate of drug-likeness (QED) is 0.937. The van der Waals surface area contributed by atoms with Crippen LogP contribution in [0.15, 0.2) is 10.9 Å². The molecule has 1 fully saturated rings. The monoisotopic (exact) mass is 289 g/mol. The van der Waals surface area contributed by atoms with Crippen LogP contribution in [0.2, 0.25) is 0 Å². The summed E-state index contributed by atoms with van der Waals surface area (Å²) in [4.78, 5) is 23.3. The molecule has 1 aliphatic carbocycles. The van der Waals surface area contributed by atoms with Gasteiger partial charge in [0.2, 0.25) is 0 Å². The fourth-order valence-corrected chi connectivity index (χ4v) is 3.39. The van der Waals surface area contributed by atoms with Gasteiger partial charge >= 0.3 is 5.97 Å². The van der Waals surface area contributed by atoms with Crippen LogP contribution in [0.5, 0.6) is 0 Å². The molecule has 0 unspecified atom stereocenters. The lowest BCUT2D eigenvalue weighted by Crippen LogP contribution is -2.26. The standard InChI is InChI=1S/C15H19N3O3/c1-9-7-12(19)17(8-13(20)21)15-14(9)10(2)16-18(15)11-5-3-4-6-11/h7,11H,3-6,8H2,1-2H3,(H,20,21). The van der Waals surface area contributed by atoms with Gasteiger partial charge in [0.05, 0.1) is 11.7 Å². The Labute approximate surface area is 122 Å². The molecule has 0 spiro atoms. The van der Waals surface area contributed by atoms with Gasteiger partial charge in [-0.15, -0.1) is 0 Å². The van der Waals surface area contributed by atoms with E-state index in [1.807, 2.05) is 18.5 Å². The summed E-state index contributed by atoms with van der Waals surface area (Å²) in [6.07, 6.45) is 4.37. The molecule has 0 radical (unpaired) electrons. The summed E-state index contributed by atoms with van der Waals surface area (Å²) in [5, 5.41) is 14.6. The number of carboxylic acid groups (broad SMARTS) is 1. The number of aromatic nitrogens is 3. The first-order chi connectivity index (χ1) is 9.99. The SMILES string of the molecule is Cc1cc(=O)n(CC(=O)O)c2c1c(C)nn2C1CCCC1. The molecule has 1 saturated carbocycles. The number of hydrogen-bond donors (Lipinski definition) is 1. The lowest BCUT2D eigenvalue weighted by molar-refractivity contribution is -0.137. The second kappa shape index (κ2) is 5.02. The topological polar surface area (TPSA) is 77.1 Å². The Balaban J connectivity index is 2.33. The molecule has 0 amide bonds. The second-order valence-electron chi connectivity index (χ2n) is 5.81. The Morgan fingerprint density at radius 3 is 2.67 bits per heavy atom. The Kier molecular flexibility index (Phi) is 3.31. The van der Waals surface area contributed by atoms with Crippen molar-refractivity contribution in [2.24, 2.45) is 0 Å². The van der Waals surface area contributed by atoms with Gasteiger partial charge in [0, 0.05) is 11.5 Å². The normalized spacial score (nSPS) is 15.9. The smallest absolute Gasteiger partial charge is 0.323 e. The number of carbonyl (C=O) groups is 1. The highest BCUT2D eigenvalue weighted by atomic mass is 16.4. The first-order valence-electron chi connectivity index (χ1n) is 7.30. The van der Waals surface area contributed by atoms with E-state index in [0.29, 0.717) is 5.65 Å². The fourth-order valence-electron chi connectivity index (χ4n) is 3.39. The summed E-state index contributed by atoms with van der Waals surface area (Å²) >= 11 is 0. The minimum Gasteiger partial charge on any atom is -0.480 e. The third kappa shape index (κ3) is 2.24. The summed E-state index contributed by atoms with van der Waals surface area (Å²) in [6.45, 7) is 3.46. The molecule has 0 bridgehead atoms. The van der Waals surface area contributed by atoms with Crippen LogP contribution < -0.4 is 5.56 Å². The van der Waals surface area contributed by atoms with E-state index in [-0.39, 0.29) is 18.1 Å². The van der Waals surface area contributed by atoms with E-state index in [1.165, 1.54) is 10.6 Å². The van der Waals surface area contributed by atoms with Crippen LogP contribution in [-0.2, 0) is 11.3 Å². The lowest BCUT2D eigenvalue weighted by Gasteiger charge is -2.14. The van der Waals surface area contributed by atoms with E-state index in [1.54, 1.807) is 0 Å². The Bertz CT molecular complexity index is 767. The average Bonchev–Trinajstić information content (AvgIpc) is 3.01. The molecule has 6 nitrogen and oxygen atoms in total. The van der Waals surface area contributed by atoms with Crippen molar-refractivity contribution in [2.75, 3.05) is 0 Å². The number of fused-ring (bicyclic) bond motifs is 1. The summed E-state index contributed by atoms with van der Waals surface area (Å²) in [5.41, 5.74) is 2.10. The van der Waals surface area contributed by atoms with Gasteiger partial charge in [-0.1, -0.05) is 12.8 Å². The third-order valence-corrected chi connectivity index (χ3v) is 4.28. The van der Waals surface area contributed by atoms with E-state index in [2.05, 4.69) is 5.10 Å². The van der Waals surface area contributed by atoms with Gasteiger partial charge in [-0.3, -0.25) is 14.2 Å². The first-order valence-corrected chi connectivity index (χ1v) is 7.30. The van der Waals surface area contributed by atoms with Gasteiger partial charge in [-0.2, -0.15) is 5.10 Å². The molecule has 2 aromatic rings. The number of carboxylic acids is 1. The van der Waals surface area contributed by atoms with Crippen molar-refractivity contribution in [3.05, 3.63) is 27.7 Å². The molecule has 1 aliphatic rings. The van der Waals surface area contributed by atoms with Gasteiger partial charge in [-0.25, -0.2) is 4.68 Å². The van der Waals surface area contributed by atoms with Crippen LogP contribution in [0.4, 0.5) is 0 Å². The van der Waals surface area contributed by atoms with Gasteiger partial charge in [0.25, 0.3) is 5.56 Å². The van der Waals surface area contributed by atoms with E-state index < -0.39 is 5.97 Å². The molecule has 0 atom stereocenters. The number of aliphatic carboxylic acids is 1. The summed E-state index contributed by atoms with van der Waals surface area (Å²) in [6, 6.07) is 1.77. The Morgan fingerprint density at radius 1 is 1.38 bits per heavy atom. The van der Waals surface area contributed by atoms with E-state index >= 15 is 0 Å². The number of rotatable bonds is 3. The van der Waals surface area contributed by atoms with Gasteiger partial charge in [-0.05, 0) is 32.3 Å². The second-order valence-corrected chi connectivity index (χ2v) is 5.81. The molecule has 1 N–H and O–H groups in total. The summed E-state index contributed by atoms with van der Waals surface area (Å²) in [7, 11) is 0. The van der Waals surface area contributed by atoms with Crippen molar-refractivity contribution in [3.63, 3.8) is 0 Å². The van der Waals surface area contributed by atoms with Crippen molar-refractivity contribution in [3.8, 4) is 0 Å². The fraction of sp³-hybridized carbons (Fsp3) is 0.533. The Morgan fingerprint density at radius 2 is 2.05 bits per heavy atom. The van der Waals surface area contributed by atoms with Crippen LogP contribution >= 0.6 is 0 Å². The molecule has 0 saturated heterocycles. The highest BCUT2D eigenvalue weighted by Crippen LogP contribution is 2.33.